The van der Waals surface area contributed by atoms with Crippen molar-refractivity contribution in [1.29, 1.82) is 0 Å². The van der Waals surface area contributed by atoms with Crippen LogP contribution in [-0.4, -0.2) is 12.0 Å². The second-order valence-corrected chi connectivity index (χ2v) is 4.16. The first-order chi connectivity index (χ1) is 10.0. The van der Waals surface area contributed by atoms with Gasteiger partial charge >= 0.3 is 5.69 Å². The molecule has 0 bridgehead atoms. The number of ether oxygens (including phenoxy) is 2. The van der Waals surface area contributed by atoms with Crippen molar-refractivity contribution in [3.8, 4) is 17.2 Å². The molecule has 21 heavy (non-hydrogen) atoms. The first-order valence-corrected chi connectivity index (χ1v) is 6.04. The third-order valence-corrected chi connectivity index (χ3v) is 2.81. The number of nitro benzene ring substituents is 1. The van der Waals surface area contributed by atoms with Crippen LogP contribution in [0, 0.1) is 15.9 Å². The Morgan fingerprint density at radius 3 is 2.52 bits per heavy atom. The number of rotatable bonds is 5. The van der Waals surface area contributed by atoms with Crippen molar-refractivity contribution in [2.75, 3.05) is 7.11 Å². The molecule has 0 saturated heterocycles. The molecule has 2 rings (SSSR count). The lowest BCUT2D eigenvalue weighted by atomic mass is 10.2. The van der Waals surface area contributed by atoms with Crippen molar-refractivity contribution in [1.82, 2.24) is 0 Å². The predicted octanol–water partition coefficient (Wildman–Crippen LogP) is 2.99. The monoisotopic (exact) mass is 292 g/mol. The van der Waals surface area contributed by atoms with Gasteiger partial charge in [0.1, 0.15) is 5.75 Å². The molecule has 0 aliphatic heterocycles. The van der Waals surface area contributed by atoms with Crippen molar-refractivity contribution in [3.05, 3.63) is 57.9 Å². The van der Waals surface area contributed by atoms with Gasteiger partial charge in [0, 0.05) is 6.54 Å². The summed E-state index contributed by atoms with van der Waals surface area (Å²) in [6.45, 7) is 0.213. The SMILES string of the molecule is COc1ccc(Oc2ccc(CN)cc2F)cc1[N+](=O)[O-]. The molecule has 0 saturated carbocycles. The lowest BCUT2D eigenvalue weighted by Gasteiger charge is -2.09. The minimum absolute atomic E-state index is 0.0355. The van der Waals surface area contributed by atoms with E-state index in [1.54, 1.807) is 6.07 Å². The van der Waals surface area contributed by atoms with E-state index < -0.39 is 10.7 Å². The highest BCUT2D eigenvalue weighted by Crippen LogP contribution is 2.33. The fourth-order valence-electron chi connectivity index (χ4n) is 1.76. The number of nitro groups is 1. The van der Waals surface area contributed by atoms with Crippen LogP contribution in [-0.2, 0) is 6.54 Å². The summed E-state index contributed by atoms with van der Waals surface area (Å²) in [7, 11) is 1.33. The maximum atomic E-state index is 13.8. The number of hydrogen-bond acceptors (Lipinski definition) is 5. The van der Waals surface area contributed by atoms with Gasteiger partial charge in [0.2, 0.25) is 0 Å². The van der Waals surface area contributed by atoms with Crippen LogP contribution in [0.15, 0.2) is 36.4 Å². The average molecular weight is 292 g/mol. The third-order valence-electron chi connectivity index (χ3n) is 2.81. The van der Waals surface area contributed by atoms with Gasteiger partial charge in [-0.1, -0.05) is 6.07 Å². The van der Waals surface area contributed by atoms with Crippen molar-refractivity contribution in [2.24, 2.45) is 5.73 Å². The first-order valence-electron chi connectivity index (χ1n) is 6.04. The van der Waals surface area contributed by atoms with Gasteiger partial charge in [0.15, 0.2) is 17.3 Å². The molecule has 6 nitrogen and oxygen atoms in total. The first kappa shape index (κ1) is 14.7. The van der Waals surface area contributed by atoms with Crippen molar-refractivity contribution < 1.29 is 18.8 Å². The highest BCUT2D eigenvalue weighted by molar-refractivity contribution is 5.51. The molecule has 0 radical (unpaired) electrons. The van der Waals surface area contributed by atoms with Gasteiger partial charge in [-0.05, 0) is 29.8 Å². The Morgan fingerprint density at radius 2 is 1.95 bits per heavy atom. The number of hydrogen-bond donors (Lipinski definition) is 1. The highest BCUT2D eigenvalue weighted by Gasteiger charge is 2.16. The molecule has 2 N–H and O–H groups in total. The lowest BCUT2D eigenvalue weighted by molar-refractivity contribution is -0.385. The second-order valence-electron chi connectivity index (χ2n) is 4.16. The van der Waals surface area contributed by atoms with Gasteiger partial charge in [-0.3, -0.25) is 10.1 Å². The average Bonchev–Trinajstić information content (AvgIpc) is 2.49. The van der Waals surface area contributed by atoms with Crippen LogP contribution in [0.2, 0.25) is 0 Å². The molecule has 0 aliphatic carbocycles. The topological polar surface area (TPSA) is 87.6 Å². The Kier molecular flexibility index (Phi) is 4.34. The zero-order valence-electron chi connectivity index (χ0n) is 11.2. The molecule has 0 aromatic heterocycles. The maximum Gasteiger partial charge on any atom is 0.314 e. The predicted molar refractivity (Wildman–Crippen MR) is 74.0 cm³/mol. The van der Waals surface area contributed by atoms with Gasteiger partial charge in [-0.25, -0.2) is 4.39 Å². The second kappa shape index (κ2) is 6.19. The van der Waals surface area contributed by atoms with E-state index in [2.05, 4.69) is 0 Å². The number of nitrogens with two attached hydrogens (primary N) is 1. The van der Waals surface area contributed by atoms with E-state index in [-0.39, 0.29) is 29.5 Å². The number of benzene rings is 2. The zero-order valence-corrected chi connectivity index (χ0v) is 11.2. The fourth-order valence-corrected chi connectivity index (χ4v) is 1.76. The van der Waals surface area contributed by atoms with E-state index in [1.807, 2.05) is 0 Å². The van der Waals surface area contributed by atoms with Crippen LogP contribution < -0.4 is 15.2 Å². The standard InChI is InChI=1S/C14H13FN2O4/c1-20-14-5-3-10(7-12(14)17(18)19)21-13-4-2-9(8-16)6-11(13)15/h2-7H,8,16H2,1H3. The zero-order chi connectivity index (χ0) is 15.4. The largest absolute Gasteiger partial charge is 0.490 e. The van der Waals surface area contributed by atoms with Crippen molar-refractivity contribution >= 4 is 5.69 Å². The lowest BCUT2D eigenvalue weighted by Crippen LogP contribution is -1.98. The van der Waals surface area contributed by atoms with Crippen LogP contribution in [0.5, 0.6) is 17.2 Å². The van der Waals surface area contributed by atoms with E-state index >= 15 is 0 Å². The van der Waals surface area contributed by atoms with Crippen molar-refractivity contribution in [3.63, 3.8) is 0 Å². The van der Waals surface area contributed by atoms with Crippen LogP contribution in [0.25, 0.3) is 0 Å². The molecule has 0 heterocycles. The van der Waals surface area contributed by atoms with Crippen LogP contribution in [0.1, 0.15) is 5.56 Å². The summed E-state index contributed by atoms with van der Waals surface area (Å²) < 4.78 is 24.0. The van der Waals surface area contributed by atoms with E-state index in [0.717, 1.165) is 0 Å². The Morgan fingerprint density at radius 1 is 1.24 bits per heavy atom. The molecule has 110 valence electrons. The van der Waals surface area contributed by atoms with Gasteiger partial charge in [0.25, 0.3) is 0 Å². The molecule has 0 spiro atoms. The molecule has 0 amide bonds. The van der Waals surface area contributed by atoms with Gasteiger partial charge < -0.3 is 15.2 Å². The summed E-state index contributed by atoms with van der Waals surface area (Å²) in [4.78, 5) is 10.3. The van der Waals surface area contributed by atoms with Crippen LogP contribution >= 0.6 is 0 Å². The molecule has 0 aliphatic rings. The van der Waals surface area contributed by atoms with E-state index in [1.165, 1.54) is 37.4 Å². The van der Waals surface area contributed by atoms with Gasteiger partial charge in [-0.15, -0.1) is 0 Å². The Balaban J connectivity index is 2.31. The Bertz CT molecular complexity index is 676. The molecular formula is C14H13FN2O4. The van der Waals surface area contributed by atoms with E-state index in [9.17, 15) is 14.5 Å². The summed E-state index contributed by atoms with van der Waals surface area (Å²) in [5, 5.41) is 10.9. The third kappa shape index (κ3) is 3.26. The summed E-state index contributed by atoms with van der Waals surface area (Å²) in [5.74, 6) is -0.378. The molecule has 0 unspecified atom stereocenters. The number of halogens is 1. The van der Waals surface area contributed by atoms with E-state index in [4.69, 9.17) is 15.2 Å². The summed E-state index contributed by atoms with van der Waals surface area (Å²) >= 11 is 0. The molecule has 2 aromatic carbocycles. The quantitative estimate of drug-likeness (QED) is 0.676. The number of nitrogens with zero attached hydrogens (tertiary/aromatic N) is 1. The van der Waals surface area contributed by atoms with Crippen LogP contribution in [0.3, 0.4) is 0 Å². The molecule has 0 fully saturated rings. The van der Waals surface area contributed by atoms with E-state index in [0.29, 0.717) is 5.56 Å². The number of methoxy groups -OCH3 is 1. The Hall–Kier alpha value is -2.67. The molecular weight excluding hydrogens is 279 g/mol. The maximum absolute atomic E-state index is 13.8. The molecule has 7 heteroatoms. The minimum atomic E-state index is -0.598. The summed E-state index contributed by atoms with van der Waals surface area (Å²) in [6, 6.07) is 8.33. The minimum Gasteiger partial charge on any atom is -0.490 e. The Labute approximate surface area is 120 Å². The van der Waals surface area contributed by atoms with Gasteiger partial charge in [0.05, 0.1) is 18.1 Å². The fraction of sp³-hybridized carbons (Fsp3) is 0.143. The smallest absolute Gasteiger partial charge is 0.314 e. The molecule has 0 atom stereocenters. The summed E-state index contributed by atoms with van der Waals surface area (Å²) in [5.41, 5.74) is 5.78. The van der Waals surface area contributed by atoms with Crippen LogP contribution in [0.4, 0.5) is 10.1 Å². The summed E-state index contributed by atoms with van der Waals surface area (Å²) in [6.07, 6.45) is 0. The van der Waals surface area contributed by atoms with Gasteiger partial charge in [-0.2, -0.15) is 0 Å². The van der Waals surface area contributed by atoms with Crippen molar-refractivity contribution in [2.45, 2.75) is 6.54 Å². The highest BCUT2D eigenvalue weighted by atomic mass is 19.1. The normalized spacial score (nSPS) is 10.2. The molecule has 2 aromatic rings.